The van der Waals surface area contributed by atoms with E-state index in [4.69, 9.17) is 0 Å². The average Bonchev–Trinajstić information content (AvgIpc) is 2.80. The first-order valence-corrected chi connectivity index (χ1v) is 6.87. The Morgan fingerprint density at radius 3 is 2.65 bits per heavy atom. The SMILES string of the molecule is c1ccc(CN2CC(CC3CCNC3)C2)cc1. The van der Waals surface area contributed by atoms with Crippen molar-refractivity contribution >= 4 is 0 Å². The Morgan fingerprint density at radius 2 is 1.94 bits per heavy atom. The average molecular weight is 230 g/mol. The van der Waals surface area contributed by atoms with Gasteiger partial charge in [0.1, 0.15) is 0 Å². The highest BCUT2D eigenvalue weighted by molar-refractivity contribution is 5.14. The van der Waals surface area contributed by atoms with Gasteiger partial charge in [0.05, 0.1) is 0 Å². The first-order chi connectivity index (χ1) is 8.40. The van der Waals surface area contributed by atoms with Gasteiger partial charge in [-0.2, -0.15) is 0 Å². The molecule has 2 nitrogen and oxygen atoms in total. The lowest BCUT2D eigenvalue weighted by Crippen LogP contribution is -2.46. The summed E-state index contributed by atoms with van der Waals surface area (Å²) >= 11 is 0. The fraction of sp³-hybridized carbons (Fsp3) is 0.600. The van der Waals surface area contributed by atoms with Gasteiger partial charge in [-0.3, -0.25) is 4.90 Å². The fourth-order valence-electron chi connectivity index (χ4n) is 3.18. The number of hydrogen-bond donors (Lipinski definition) is 1. The van der Waals surface area contributed by atoms with Crippen molar-refractivity contribution in [2.75, 3.05) is 26.2 Å². The van der Waals surface area contributed by atoms with Crippen LogP contribution in [0.5, 0.6) is 0 Å². The number of benzene rings is 1. The molecule has 2 aliphatic rings. The van der Waals surface area contributed by atoms with Gasteiger partial charge in [0.25, 0.3) is 0 Å². The normalized spacial score (nSPS) is 26.0. The van der Waals surface area contributed by atoms with Crippen molar-refractivity contribution in [2.24, 2.45) is 11.8 Å². The highest BCUT2D eigenvalue weighted by Gasteiger charge is 2.29. The van der Waals surface area contributed by atoms with E-state index in [0.717, 1.165) is 18.4 Å². The summed E-state index contributed by atoms with van der Waals surface area (Å²) in [6.45, 7) is 6.26. The molecule has 0 saturated carbocycles. The van der Waals surface area contributed by atoms with Crippen LogP contribution in [0.1, 0.15) is 18.4 Å². The molecule has 0 aromatic heterocycles. The van der Waals surface area contributed by atoms with Crippen LogP contribution < -0.4 is 5.32 Å². The van der Waals surface area contributed by atoms with E-state index in [1.54, 1.807) is 0 Å². The molecule has 1 atom stereocenters. The van der Waals surface area contributed by atoms with Gasteiger partial charge in [0.15, 0.2) is 0 Å². The minimum atomic E-state index is 0.957. The Hall–Kier alpha value is -0.860. The van der Waals surface area contributed by atoms with Crippen LogP contribution in [0.25, 0.3) is 0 Å². The second kappa shape index (κ2) is 5.19. The van der Waals surface area contributed by atoms with E-state index in [2.05, 4.69) is 40.5 Å². The molecule has 2 heterocycles. The molecular weight excluding hydrogens is 208 g/mol. The minimum absolute atomic E-state index is 0.957. The molecule has 0 bridgehead atoms. The molecule has 1 aromatic rings. The molecule has 92 valence electrons. The number of likely N-dealkylation sites (tertiary alicyclic amines) is 1. The van der Waals surface area contributed by atoms with Crippen molar-refractivity contribution in [1.82, 2.24) is 10.2 Å². The number of nitrogens with zero attached hydrogens (tertiary/aromatic N) is 1. The van der Waals surface area contributed by atoms with Crippen molar-refractivity contribution in [2.45, 2.75) is 19.4 Å². The molecule has 2 heteroatoms. The van der Waals surface area contributed by atoms with Crippen molar-refractivity contribution in [1.29, 1.82) is 0 Å². The van der Waals surface area contributed by atoms with Gasteiger partial charge < -0.3 is 5.32 Å². The van der Waals surface area contributed by atoms with Crippen molar-refractivity contribution in [3.8, 4) is 0 Å². The molecule has 0 aliphatic carbocycles. The zero-order valence-electron chi connectivity index (χ0n) is 10.4. The highest BCUT2D eigenvalue weighted by Crippen LogP contribution is 2.27. The maximum absolute atomic E-state index is 3.46. The maximum atomic E-state index is 3.46. The van der Waals surface area contributed by atoms with Crippen LogP contribution in [-0.2, 0) is 6.54 Å². The molecule has 1 N–H and O–H groups in total. The van der Waals surface area contributed by atoms with E-state index in [1.165, 1.54) is 44.6 Å². The summed E-state index contributed by atoms with van der Waals surface area (Å²) in [5.74, 6) is 1.92. The van der Waals surface area contributed by atoms with E-state index < -0.39 is 0 Å². The van der Waals surface area contributed by atoms with Crippen LogP contribution in [0.3, 0.4) is 0 Å². The van der Waals surface area contributed by atoms with Crippen molar-refractivity contribution in [3.63, 3.8) is 0 Å². The molecule has 1 unspecified atom stereocenters. The van der Waals surface area contributed by atoms with Gasteiger partial charge in [0.2, 0.25) is 0 Å². The van der Waals surface area contributed by atoms with Crippen molar-refractivity contribution < 1.29 is 0 Å². The second-order valence-electron chi connectivity index (χ2n) is 5.64. The van der Waals surface area contributed by atoms with Gasteiger partial charge in [-0.25, -0.2) is 0 Å². The predicted octanol–water partition coefficient (Wildman–Crippen LogP) is 2.12. The standard InChI is InChI=1S/C15H22N2/c1-2-4-13(5-3-1)10-17-11-15(12-17)8-14-6-7-16-9-14/h1-5,14-16H,6-12H2. The lowest BCUT2D eigenvalue weighted by Gasteiger charge is -2.40. The van der Waals surface area contributed by atoms with E-state index in [1.807, 2.05) is 0 Å². The van der Waals surface area contributed by atoms with Crippen LogP contribution in [0.4, 0.5) is 0 Å². The predicted molar refractivity (Wildman–Crippen MR) is 70.8 cm³/mol. The van der Waals surface area contributed by atoms with Gasteiger partial charge in [-0.1, -0.05) is 30.3 Å². The summed E-state index contributed by atoms with van der Waals surface area (Å²) in [5, 5.41) is 3.46. The van der Waals surface area contributed by atoms with E-state index in [-0.39, 0.29) is 0 Å². The fourth-order valence-corrected chi connectivity index (χ4v) is 3.18. The van der Waals surface area contributed by atoms with Crippen LogP contribution in [0.15, 0.2) is 30.3 Å². The monoisotopic (exact) mass is 230 g/mol. The third-order valence-electron chi connectivity index (χ3n) is 4.11. The number of rotatable bonds is 4. The second-order valence-corrected chi connectivity index (χ2v) is 5.64. The first kappa shape index (κ1) is 11.2. The van der Waals surface area contributed by atoms with Crippen LogP contribution in [0.2, 0.25) is 0 Å². The zero-order chi connectivity index (χ0) is 11.5. The smallest absolute Gasteiger partial charge is 0.0233 e. The molecule has 0 radical (unpaired) electrons. The van der Waals surface area contributed by atoms with Gasteiger partial charge in [-0.05, 0) is 43.3 Å². The Kier molecular flexibility index (Phi) is 3.44. The topological polar surface area (TPSA) is 15.3 Å². The molecule has 1 aromatic carbocycles. The Balaban J connectivity index is 1.39. The summed E-state index contributed by atoms with van der Waals surface area (Å²) in [6.07, 6.45) is 2.84. The molecule has 2 saturated heterocycles. The number of hydrogen-bond acceptors (Lipinski definition) is 2. The summed E-state index contributed by atoms with van der Waals surface area (Å²) < 4.78 is 0. The molecule has 0 spiro atoms. The summed E-state index contributed by atoms with van der Waals surface area (Å²) in [7, 11) is 0. The molecule has 0 amide bonds. The zero-order valence-corrected chi connectivity index (χ0v) is 10.4. The Labute approximate surface area is 104 Å². The van der Waals surface area contributed by atoms with Gasteiger partial charge >= 0.3 is 0 Å². The van der Waals surface area contributed by atoms with Gasteiger partial charge in [0, 0.05) is 19.6 Å². The molecule has 17 heavy (non-hydrogen) atoms. The third-order valence-corrected chi connectivity index (χ3v) is 4.11. The van der Waals surface area contributed by atoms with Crippen LogP contribution in [-0.4, -0.2) is 31.1 Å². The van der Waals surface area contributed by atoms with Crippen LogP contribution in [0, 0.1) is 11.8 Å². The molecule has 2 aliphatic heterocycles. The molecule has 2 fully saturated rings. The lowest BCUT2D eigenvalue weighted by atomic mass is 9.88. The number of nitrogens with one attached hydrogen (secondary N) is 1. The van der Waals surface area contributed by atoms with E-state index >= 15 is 0 Å². The van der Waals surface area contributed by atoms with E-state index in [9.17, 15) is 0 Å². The third kappa shape index (κ3) is 2.88. The van der Waals surface area contributed by atoms with E-state index in [0.29, 0.717) is 0 Å². The Bertz CT molecular complexity index is 337. The highest BCUT2D eigenvalue weighted by atomic mass is 15.2. The largest absolute Gasteiger partial charge is 0.316 e. The van der Waals surface area contributed by atoms with Crippen LogP contribution >= 0.6 is 0 Å². The first-order valence-electron chi connectivity index (χ1n) is 6.87. The summed E-state index contributed by atoms with van der Waals surface area (Å²) in [5.41, 5.74) is 1.45. The summed E-state index contributed by atoms with van der Waals surface area (Å²) in [6, 6.07) is 10.8. The van der Waals surface area contributed by atoms with Crippen molar-refractivity contribution in [3.05, 3.63) is 35.9 Å². The lowest BCUT2D eigenvalue weighted by molar-refractivity contribution is 0.0761. The molecule has 3 rings (SSSR count). The van der Waals surface area contributed by atoms with Gasteiger partial charge in [-0.15, -0.1) is 0 Å². The Morgan fingerprint density at radius 1 is 1.12 bits per heavy atom. The maximum Gasteiger partial charge on any atom is 0.0233 e. The quantitative estimate of drug-likeness (QED) is 0.852. The summed E-state index contributed by atoms with van der Waals surface area (Å²) in [4.78, 5) is 2.57. The minimum Gasteiger partial charge on any atom is -0.316 e. The molecular formula is C15H22N2.